The number of hydrogen-bond donors (Lipinski definition) is 3. The summed E-state index contributed by atoms with van der Waals surface area (Å²) in [6, 6.07) is 17.1. The van der Waals surface area contributed by atoms with Gasteiger partial charge in [-0.25, -0.2) is 0 Å². The van der Waals surface area contributed by atoms with Crippen molar-refractivity contribution in [2.45, 2.75) is 32.2 Å². The molecule has 3 rings (SSSR count). The summed E-state index contributed by atoms with van der Waals surface area (Å²) in [6.45, 7) is 5.34. The van der Waals surface area contributed by atoms with E-state index >= 15 is 0 Å². The smallest absolute Gasteiger partial charge is 0.171 e. The van der Waals surface area contributed by atoms with Crippen molar-refractivity contribution in [3.8, 4) is 5.75 Å². The summed E-state index contributed by atoms with van der Waals surface area (Å²) in [6.07, 6.45) is 3.95. The molecule has 0 unspecified atom stereocenters. The lowest BCUT2D eigenvalue weighted by atomic mass is 10.0. The molecule has 1 fully saturated rings. The minimum atomic E-state index is 0.383. The van der Waals surface area contributed by atoms with Crippen LogP contribution in [0.1, 0.15) is 36.4 Å². The fraction of sp³-hybridized carbons (Fsp3) is 0.409. The van der Waals surface area contributed by atoms with Crippen molar-refractivity contribution >= 4 is 23.0 Å². The number of rotatable bonds is 6. The van der Waals surface area contributed by atoms with Gasteiger partial charge in [-0.15, -0.1) is 0 Å². The zero-order valence-corrected chi connectivity index (χ0v) is 17.1. The number of likely N-dealkylation sites (tertiary alicyclic amines) is 1. The van der Waals surface area contributed by atoms with E-state index in [1.54, 1.807) is 12.0 Å². The number of nitrogens with one attached hydrogen (secondary N) is 3. The fourth-order valence-corrected chi connectivity index (χ4v) is 3.98. The van der Waals surface area contributed by atoms with Crippen LogP contribution in [-0.2, 0) is 0 Å². The third kappa shape index (κ3) is 5.68. The maximum atomic E-state index is 5.54. The molecule has 0 aromatic heterocycles. The average Bonchev–Trinajstić information content (AvgIpc) is 2.69. The van der Waals surface area contributed by atoms with E-state index in [0.29, 0.717) is 11.2 Å². The third-order valence-corrected chi connectivity index (χ3v) is 5.50. The van der Waals surface area contributed by atoms with Gasteiger partial charge in [0.05, 0.1) is 26.7 Å². The molecule has 0 radical (unpaired) electrons. The minimum Gasteiger partial charge on any atom is -0.497 e. The molecule has 3 N–H and O–H groups in total. The standard InChI is InChI=1S/C22H29N3OS/c1-17-7-6-8-19(15-17)24-22(27)23-16-21(25-13-4-3-5-14-25)18-9-11-20(26-2)12-10-18/h6-12,15,21H,3-5,13-14,16H2,1-2H3,(H2,23,24,27)/p+1/t21-/m0/s1. The number of quaternary nitrogens is 1. The highest BCUT2D eigenvalue weighted by Crippen LogP contribution is 2.17. The van der Waals surface area contributed by atoms with Gasteiger partial charge >= 0.3 is 0 Å². The molecule has 0 aliphatic carbocycles. The molecule has 1 aliphatic rings. The lowest BCUT2D eigenvalue weighted by molar-refractivity contribution is -0.934. The Morgan fingerprint density at radius 1 is 1.11 bits per heavy atom. The highest BCUT2D eigenvalue weighted by Gasteiger charge is 2.26. The predicted molar refractivity (Wildman–Crippen MR) is 116 cm³/mol. The quantitative estimate of drug-likeness (QED) is 0.669. The topological polar surface area (TPSA) is 37.7 Å². The first-order valence-corrected chi connectivity index (χ1v) is 10.2. The van der Waals surface area contributed by atoms with Gasteiger partial charge in [0.2, 0.25) is 0 Å². The Bertz CT molecular complexity index is 741. The van der Waals surface area contributed by atoms with Crippen LogP contribution in [-0.4, -0.2) is 31.9 Å². The molecule has 1 heterocycles. The molecule has 1 atom stereocenters. The van der Waals surface area contributed by atoms with Crippen molar-refractivity contribution in [1.82, 2.24) is 5.32 Å². The predicted octanol–water partition coefficient (Wildman–Crippen LogP) is 3.10. The van der Waals surface area contributed by atoms with Crippen LogP contribution in [0.3, 0.4) is 0 Å². The SMILES string of the molecule is COc1ccc([C@H](CNC(=S)Nc2cccc(C)c2)[NH+]2CCCCC2)cc1. The molecular formula is C22H30N3OS+. The Morgan fingerprint density at radius 3 is 2.52 bits per heavy atom. The van der Waals surface area contributed by atoms with E-state index in [9.17, 15) is 0 Å². The zero-order chi connectivity index (χ0) is 19.1. The van der Waals surface area contributed by atoms with Crippen molar-refractivity contribution in [2.24, 2.45) is 0 Å². The Labute approximate surface area is 167 Å². The van der Waals surface area contributed by atoms with Gasteiger partial charge in [-0.2, -0.15) is 0 Å². The number of hydrogen-bond acceptors (Lipinski definition) is 2. The van der Waals surface area contributed by atoms with Crippen molar-refractivity contribution in [1.29, 1.82) is 0 Å². The third-order valence-electron chi connectivity index (χ3n) is 5.25. The van der Waals surface area contributed by atoms with Gasteiger partial charge in [-0.1, -0.05) is 12.1 Å². The Balaban J connectivity index is 1.65. The van der Waals surface area contributed by atoms with E-state index < -0.39 is 0 Å². The van der Waals surface area contributed by atoms with E-state index in [1.165, 1.54) is 43.5 Å². The maximum Gasteiger partial charge on any atom is 0.171 e. The number of anilines is 1. The van der Waals surface area contributed by atoms with Crippen LogP contribution < -0.4 is 20.3 Å². The maximum absolute atomic E-state index is 5.54. The summed E-state index contributed by atoms with van der Waals surface area (Å²) in [4.78, 5) is 1.64. The molecule has 27 heavy (non-hydrogen) atoms. The number of thiocarbonyl (C=S) groups is 1. The summed E-state index contributed by atoms with van der Waals surface area (Å²) in [5.41, 5.74) is 3.58. The van der Waals surface area contributed by atoms with Gasteiger partial charge < -0.3 is 20.3 Å². The number of aryl methyl sites for hydroxylation is 1. The second kappa shape index (κ2) is 9.72. The van der Waals surface area contributed by atoms with Gasteiger partial charge in [-0.3, -0.25) is 0 Å². The van der Waals surface area contributed by atoms with E-state index in [2.05, 4.69) is 54.0 Å². The number of methoxy groups -OCH3 is 1. The van der Waals surface area contributed by atoms with Crippen LogP contribution in [0.25, 0.3) is 0 Å². The largest absolute Gasteiger partial charge is 0.497 e. The Kier molecular flexibility index (Phi) is 7.07. The van der Waals surface area contributed by atoms with Gasteiger partial charge in [0.25, 0.3) is 0 Å². The first-order chi connectivity index (χ1) is 13.2. The molecule has 2 aromatic rings. The van der Waals surface area contributed by atoms with E-state index in [1.807, 2.05) is 12.1 Å². The van der Waals surface area contributed by atoms with Gasteiger partial charge in [0.15, 0.2) is 5.11 Å². The molecule has 1 saturated heterocycles. The highest BCUT2D eigenvalue weighted by atomic mass is 32.1. The first kappa shape index (κ1) is 19.6. The molecule has 144 valence electrons. The van der Waals surface area contributed by atoms with Gasteiger partial charge in [0.1, 0.15) is 11.8 Å². The zero-order valence-electron chi connectivity index (χ0n) is 16.3. The Hall–Kier alpha value is -2.11. The van der Waals surface area contributed by atoms with E-state index in [-0.39, 0.29) is 0 Å². The lowest BCUT2D eigenvalue weighted by Crippen LogP contribution is -3.13. The Morgan fingerprint density at radius 2 is 1.85 bits per heavy atom. The second-order valence-corrected chi connectivity index (χ2v) is 7.66. The van der Waals surface area contributed by atoms with Crippen LogP contribution >= 0.6 is 12.2 Å². The molecule has 0 spiro atoms. The normalized spacial score (nSPS) is 15.8. The van der Waals surface area contributed by atoms with Crippen LogP contribution in [0.5, 0.6) is 5.75 Å². The van der Waals surface area contributed by atoms with E-state index in [0.717, 1.165) is 18.0 Å². The van der Waals surface area contributed by atoms with Crippen molar-refractivity contribution in [3.05, 3.63) is 59.7 Å². The second-order valence-electron chi connectivity index (χ2n) is 7.25. The van der Waals surface area contributed by atoms with Crippen LogP contribution in [0.15, 0.2) is 48.5 Å². The molecule has 0 bridgehead atoms. The molecule has 0 saturated carbocycles. The molecule has 4 nitrogen and oxygen atoms in total. The van der Waals surface area contributed by atoms with Crippen LogP contribution in [0.2, 0.25) is 0 Å². The summed E-state index contributed by atoms with van der Waals surface area (Å²) >= 11 is 5.54. The van der Waals surface area contributed by atoms with Crippen molar-refractivity contribution < 1.29 is 9.64 Å². The number of piperidine rings is 1. The van der Waals surface area contributed by atoms with Gasteiger partial charge in [0, 0.05) is 11.3 Å². The highest BCUT2D eigenvalue weighted by molar-refractivity contribution is 7.80. The fourth-order valence-electron chi connectivity index (χ4n) is 3.78. The monoisotopic (exact) mass is 384 g/mol. The van der Waals surface area contributed by atoms with Crippen LogP contribution in [0, 0.1) is 6.92 Å². The molecule has 2 aromatic carbocycles. The molecule has 1 aliphatic heterocycles. The average molecular weight is 385 g/mol. The number of ether oxygens (including phenoxy) is 1. The molecule has 0 amide bonds. The first-order valence-electron chi connectivity index (χ1n) is 9.76. The van der Waals surface area contributed by atoms with Gasteiger partial charge in [-0.05, 0) is 80.4 Å². The van der Waals surface area contributed by atoms with E-state index in [4.69, 9.17) is 17.0 Å². The molecular weight excluding hydrogens is 354 g/mol. The summed E-state index contributed by atoms with van der Waals surface area (Å²) < 4.78 is 5.32. The molecule has 5 heteroatoms. The van der Waals surface area contributed by atoms with Crippen molar-refractivity contribution in [3.63, 3.8) is 0 Å². The summed E-state index contributed by atoms with van der Waals surface area (Å²) in [5, 5.41) is 7.42. The van der Waals surface area contributed by atoms with Crippen molar-refractivity contribution in [2.75, 3.05) is 32.1 Å². The minimum absolute atomic E-state index is 0.383. The summed E-state index contributed by atoms with van der Waals surface area (Å²) in [7, 11) is 1.71. The lowest BCUT2D eigenvalue weighted by Gasteiger charge is -2.32. The van der Waals surface area contributed by atoms with Crippen LogP contribution in [0.4, 0.5) is 5.69 Å². The number of benzene rings is 2. The summed E-state index contributed by atoms with van der Waals surface area (Å²) in [5.74, 6) is 0.899.